The molecular weight excluding hydrogens is 332 g/mol. The SMILES string of the molecule is C=CC(=O)Nc1cc(C(=O)N[C@@H]2CCOc3c(C)cccc32)ccc1O. The predicted molar refractivity (Wildman–Crippen MR) is 98.4 cm³/mol. The molecule has 6 heteroatoms. The number of hydrogen-bond donors (Lipinski definition) is 3. The molecule has 0 aliphatic carbocycles. The lowest BCUT2D eigenvalue weighted by Crippen LogP contribution is -2.32. The molecule has 6 nitrogen and oxygen atoms in total. The average molecular weight is 352 g/mol. The van der Waals surface area contributed by atoms with Crippen molar-refractivity contribution in [1.82, 2.24) is 5.32 Å². The summed E-state index contributed by atoms with van der Waals surface area (Å²) in [5.41, 5.74) is 2.47. The number of rotatable bonds is 4. The number of phenols is 1. The van der Waals surface area contributed by atoms with Gasteiger partial charge in [0.25, 0.3) is 5.91 Å². The molecule has 2 aromatic rings. The standard InChI is InChI=1S/C20H20N2O4/c1-3-18(24)21-16-11-13(7-8-17(16)23)20(25)22-15-9-10-26-19-12(2)5-4-6-14(15)19/h3-8,11,15,23H,1,9-10H2,2H3,(H,21,24)(H,22,25)/t15-/m1/s1. The van der Waals surface area contributed by atoms with Crippen LogP contribution < -0.4 is 15.4 Å². The molecule has 1 heterocycles. The maximum absolute atomic E-state index is 12.7. The highest BCUT2D eigenvalue weighted by atomic mass is 16.5. The topological polar surface area (TPSA) is 87.7 Å². The Morgan fingerprint density at radius 3 is 2.88 bits per heavy atom. The van der Waals surface area contributed by atoms with E-state index in [1.807, 2.05) is 25.1 Å². The summed E-state index contributed by atoms with van der Waals surface area (Å²) in [7, 11) is 0. The van der Waals surface area contributed by atoms with Gasteiger partial charge >= 0.3 is 0 Å². The van der Waals surface area contributed by atoms with Gasteiger partial charge in [-0.15, -0.1) is 0 Å². The molecule has 0 aromatic heterocycles. The van der Waals surface area contributed by atoms with E-state index in [4.69, 9.17) is 4.74 Å². The molecule has 0 unspecified atom stereocenters. The van der Waals surface area contributed by atoms with Crippen molar-refractivity contribution in [1.29, 1.82) is 0 Å². The van der Waals surface area contributed by atoms with Gasteiger partial charge in [0.1, 0.15) is 11.5 Å². The molecule has 134 valence electrons. The van der Waals surface area contributed by atoms with Gasteiger partial charge in [-0.05, 0) is 36.8 Å². The Hall–Kier alpha value is -3.28. The van der Waals surface area contributed by atoms with Crippen LogP contribution in [0.5, 0.6) is 11.5 Å². The van der Waals surface area contributed by atoms with Crippen LogP contribution in [0.15, 0.2) is 49.1 Å². The van der Waals surface area contributed by atoms with Gasteiger partial charge in [-0.2, -0.15) is 0 Å². The third-order valence-corrected chi connectivity index (χ3v) is 4.28. The van der Waals surface area contributed by atoms with E-state index in [0.717, 1.165) is 23.0 Å². The van der Waals surface area contributed by atoms with Gasteiger partial charge in [-0.3, -0.25) is 9.59 Å². The highest BCUT2D eigenvalue weighted by Crippen LogP contribution is 2.34. The largest absolute Gasteiger partial charge is 0.506 e. The Kier molecular flexibility index (Phi) is 4.93. The molecule has 26 heavy (non-hydrogen) atoms. The second kappa shape index (κ2) is 7.31. The number of amides is 2. The van der Waals surface area contributed by atoms with Crippen molar-refractivity contribution in [2.75, 3.05) is 11.9 Å². The zero-order valence-electron chi connectivity index (χ0n) is 14.4. The van der Waals surface area contributed by atoms with Gasteiger partial charge < -0.3 is 20.5 Å². The van der Waals surface area contributed by atoms with E-state index >= 15 is 0 Å². The Labute approximate surface area is 151 Å². The first kappa shape index (κ1) is 17.5. The Balaban J connectivity index is 1.81. The minimum Gasteiger partial charge on any atom is -0.506 e. The van der Waals surface area contributed by atoms with Gasteiger partial charge in [0.2, 0.25) is 5.91 Å². The zero-order chi connectivity index (χ0) is 18.7. The van der Waals surface area contributed by atoms with Crippen LogP contribution in [0.2, 0.25) is 0 Å². The summed E-state index contributed by atoms with van der Waals surface area (Å²) in [4.78, 5) is 24.1. The molecule has 3 rings (SSSR count). The second-order valence-electron chi connectivity index (χ2n) is 6.08. The molecule has 1 aliphatic heterocycles. The van der Waals surface area contributed by atoms with Crippen molar-refractivity contribution in [3.05, 3.63) is 65.7 Å². The smallest absolute Gasteiger partial charge is 0.251 e. The first-order valence-corrected chi connectivity index (χ1v) is 8.29. The molecule has 0 radical (unpaired) electrons. The number of hydrogen-bond acceptors (Lipinski definition) is 4. The first-order chi connectivity index (χ1) is 12.5. The average Bonchev–Trinajstić information content (AvgIpc) is 2.64. The summed E-state index contributed by atoms with van der Waals surface area (Å²) < 4.78 is 5.72. The van der Waals surface area contributed by atoms with Gasteiger partial charge in [-0.25, -0.2) is 0 Å². The van der Waals surface area contributed by atoms with Crippen LogP contribution in [-0.4, -0.2) is 23.5 Å². The first-order valence-electron chi connectivity index (χ1n) is 8.29. The van der Waals surface area contributed by atoms with Gasteiger partial charge in [-0.1, -0.05) is 24.8 Å². The zero-order valence-corrected chi connectivity index (χ0v) is 14.4. The van der Waals surface area contributed by atoms with Gasteiger partial charge in [0.05, 0.1) is 18.3 Å². The predicted octanol–water partition coefficient (Wildman–Crippen LogP) is 3.08. The highest BCUT2D eigenvalue weighted by molar-refractivity contribution is 6.02. The number of fused-ring (bicyclic) bond motifs is 1. The van der Waals surface area contributed by atoms with Crippen molar-refractivity contribution in [2.45, 2.75) is 19.4 Å². The molecular formula is C20H20N2O4. The Bertz CT molecular complexity index is 876. The third kappa shape index (κ3) is 3.54. The van der Waals surface area contributed by atoms with Gasteiger partial charge in [0, 0.05) is 17.5 Å². The molecule has 0 saturated heterocycles. The third-order valence-electron chi connectivity index (χ3n) is 4.28. The van der Waals surface area contributed by atoms with E-state index in [1.54, 1.807) is 0 Å². The van der Waals surface area contributed by atoms with Crippen LogP contribution in [0.25, 0.3) is 0 Å². The van der Waals surface area contributed by atoms with Crippen LogP contribution in [0.1, 0.15) is 33.9 Å². The van der Waals surface area contributed by atoms with Crippen molar-refractivity contribution >= 4 is 17.5 Å². The lowest BCUT2D eigenvalue weighted by Gasteiger charge is -2.28. The van der Waals surface area contributed by atoms with Crippen molar-refractivity contribution < 1.29 is 19.4 Å². The summed E-state index contributed by atoms with van der Waals surface area (Å²) in [5, 5.41) is 15.3. The van der Waals surface area contributed by atoms with E-state index in [-0.39, 0.29) is 23.4 Å². The van der Waals surface area contributed by atoms with Crippen molar-refractivity contribution in [3.8, 4) is 11.5 Å². The van der Waals surface area contributed by atoms with Crippen LogP contribution in [0, 0.1) is 6.92 Å². The molecule has 1 aliphatic rings. The summed E-state index contributed by atoms with van der Waals surface area (Å²) >= 11 is 0. The summed E-state index contributed by atoms with van der Waals surface area (Å²) in [6.45, 7) is 5.86. The maximum atomic E-state index is 12.7. The van der Waals surface area contributed by atoms with Crippen molar-refractivity contribution in [2.24, 2.45) is 0 Å². The summed E-state index contributed by atoms with van der Waals surface area (Å²) in [6.07, 6.45) is 1.76. The minimum absolute atomic E-state index is 0.121. The number of carbonyl (C=O) groups excluding carboxylic acids is 2. The molecule has 0 spiro atoms. The van der Waals surface area contributed by atoms with E-state index in [2.05, 4.69) is 17.2 Å². The monoisotopic (exact) mass is 352 g/mol. The number of carbonyl (C=O) groups is 2. The highest BCUT2D eigenvalue weighted by Gasteiger charge is 2.24. The molecule has 0 fully saturated rings. The number of ether oxygens (including phenoxy) is 1. The number of nitrogens with one attached hydrogen (secondary N) is 2. The lowest BCUT2D eigenvalue weighted by molar-refractivity contribution is -0.111. The fraction of sp³-hybridized carbons (Fsp3) is 0.200. The van der Waals surface area contributed by atoms with Crippen LogP contribution >= 0.6 is 0 Å². The quantitative estimate of drug-likeness (QED) is 0.583. The van der Waals surface area contributed by atoms with Crippen LogP contribution in [0.3, 0.4) is 0 Å². The Morgan fingerprint density at radius 1 is 1.31 bits per heavy atom. The number of anilines is 1. The maximum Gasteiger partial charge on any atom is 0.251 e. The molecule has 2 amide bonds. The van der Waals surface area contributed by atoms with E-state index in [0.29, 0.717) is 18.6 Å². The van der Waals surface area contributed by atoms with E-state index in [9.17, 15) is 14.7 Å². The molecule has 1 atom stereocenters. The van der Waals surface area contributed by atoms with Crippen LogP contribution in [0.4, 0.5) is 5.69 Å². The van der Waals surface area contributed by atoms with Crippen molar-refractivity contribution in [3.63, 3.8) is 0 Å². The van der Waals surface area contributed by atoms with Crippen LogP contribution in [-0.2, 0) is 4.79 Å². The lowest BCUT2D eigenvalue weighted by atomic mass is 9.97. The molecule has 0 saturated carbocycles. The minimum atomic E-state index is -0.466. The van der Waals surface area contributed by atoms with Gasteiger partial charge in [0.15, 0.2) is 0 Å². The Morgan fingerprint density at radius 2 is 2.12 bits per heavy atom. The number of phenolic OH excluding ortho intramolecular Hbond substituents is 1. The fourth-order valence-electron chi connectivity index (χ4n) is 2.93. The fourth-order valence-corrected chi connectivity index (χ4v) is 2.93. The normalized spacial score (nSPS) is 15.3. The van der Waals surface area contributed by atoms with E-state index < -0.39 is 5.91 Å². The molecule has 2 aromatic carbocycles. The summed E-state index contributed by atoms with van der Waals surface area (Å²) in [5.74, 6) is -0.0670. The molecule has 3 N–H and O–H groups in total. The number of aryl methyl sites for hydroxylation is 1. The number of benzene rings is 2. The van der Waals surface area contributed by atoms with E-state index in [1.165, 1.54) is 18.2 Å². The second-order valence-corrected chi connectivity index (χ2v) is 6.08. The number of aromatic hydroxyl groups is 1. The molecule has 0 bridgehead atoms. The number of para-hydroxylation sites is 1. The summed E-state index contributed by atoms with van der Waals surface area (Å²) in [6, 6.07) is 10.00.